The molecule has 0 bridgehead atoms. The van der Waals surface area contributed by atoms with E-state index in [1.54, 1.807) is 0 Å². The first-order valence-electron chi connectivity index (χ1n) is 8.65. The van der Waals surface area contributed by atoms with Gasteiger partial charge in [-0.3, -0.25) is 9.97 Å². The average Bonchev–Trinajstić information content (AvgIpc) is 3.17. The Morgan fingerprint density at radius 1 is 1.04 bits per heavy atom. The van der Waals surface area contributed by atoms with Gasteiger partial charge in [0.2, 0.25) is 0 Å². The molecule has 4 heterocycles. The molecule has 132 valence electrons. The third kappa shape index (κ3) is 2.97. The SMILES string of the molecule is Cc1ccc(C2C(c3ccccn3)NC(=S)N2Cc2ccccn2)n1C. The Morgan fingerprint density at radius 2 is 1.81 bits per heavy atom. The van der Waals surface area contributed by atoms with Crippen molar-refractivity contribution in [3.8, 4) is 0 Å². The van der Waals surface area contributed by atoms with Gasteiger partial charge in [0.1, 0.15) is 0 Å². The number of nitrogens with one attached hydrogen (secondary N) is 1. The predicted octanol–water partition coefficient (Wildman–Crippen LogP) is 3.30. The van der Waals surface area contributed by atoms with Gasteiger partial charge in [-0.1, -0.05) is 12.1 Å². The van der Waals surface area contributed by atoms with Crippen molar-refractivity contribution in [2.75, 3.05) is 0 Å². The van der Waals surface area contributed by atoms with Gasteiger partial charge >= 0.3 is 0 Å². The zero-order valence-corrected chi connectivity index (χ0v) is 15.6. The summed E-state index contributed by atoms with van der Waals surface area (Å²) in [6.45, 7) is 2.77. The highest BCUT2D eigenvalue weighted by Crippen LogP contribution is 2.39. The number of rotatable bonds is 4. The minimum atomic E-state index is 0.000382. The molecular formula is C20H21N5S. The van der Waals surface area contributed by atoms with Crippen LogP contribution in [0.3, 0.4) is 0 Å². The molecule has 1 aliphatic rings. The van der Waals surface area contributed by atoms with Crippen LogP contribution in [0.25, 0.3) is 0 Å². The van der Waals surface area contributed by atoms with Gasteiger partial charge in [0.05, 0.1) is 30.0 Å². The Bertz CT molecular complexity index is 906. The summed E-state index contributed by atoms with van der Waals surface area (Å²) in [5.41, 5.74) is 4.41. The van der Waals surface area contributed by atoms with Gasteiger partial charge in [-0.2, -0.15) is 0 Å². The van der Waals surface area contributed by atoms with Crippen molar-refractivity contribution in [3.05, 3.63) is 83.7 Å². The van der Waals surface area contributed by atoms with E-state index in [0.717, 1.165) is 16.5 Å². The van der Waals surface area contributed by atoms with Crippen molar-refractivity contribution >= 4 is 17.3 Å². The first-order valence-corrected chi connectivity index (χ1v) is 9.06. The topological polar surface area (TPSA) is 46.0 Å². The third-order valence-electron chi connectivity index (χ3n) is 4.97. The lowest BCUT2D eigenvalue weighted by Crippen LogP contribution is -2.30. The van der Waals surface area contributed by atoms with Crippen molar-refractivity contribution in [1.82, 2.24) is 24.8 Å². The molecule has 3 aromatic heterocycles. The molecule has 1 aliphatic heterocycles. The predicted molar refractivity (Wildman–Crippen MR) is 105 cm³/mol. The number of nitrogens with zero attached hydrogens (tertiary/aromatic N) is 4. The largest absolute Gasteiger partial charge is 0.352 e. The van der Waals surface area contributed by atoms with E-state index in [-0.39, 0.29) is 12.1 Å². The second-order valence-electron chi connectivity index (χ2n) is 6.53. The number of pyridine rings is 2. The van der Waals surface area contributed by atoms with Gasteiger partial charge < -0.3 is 14.8 Å². The van der Waals surface area contributed by atoms with Gasteiger partial charge in [0, 0.05) is 30.8 Å². The van der Waals surface area contributed by atoms with Crippen molar-refractivity contribution in [2.45, 2.75) is 25.6 Å². The molecule has 1 saturated heterocycles. The minimum Gasteiger partial charge on any atom is -0.352 e. The molecule has 0 aromatic carbocycles. The quantitative estimate of drug-likeness (QED) is 0.721. The van der Waals surface area contributed by atoms with E-state index in [4.69, 9.17) is 12.2 Å². The first-order chi connectivity index (χ1) is 12.6. The fourth-order valence-corrected chi connectivity index (χ4v) is 3.80. The van der Waals surface area contributed by atoms with Crippen LogP contribution in [-0.2, 0) is 13.6 Å². The van der Waals surface area contributed by atoms with E-state index in [2.05, 4.69) is 50.9 Å². The van der Waals surface area contributed by atoms with Crippen LogP contribution >= 0.6 is 12.2 Å². The zero-order valence-electron chi connectivity index (χ0n) is 14.8. The van der Waals surface area contributed by atoms with E-state index in [9.17, 15) is 0 Å². The molecule has 4 rings (SSSR count). The van der Waals surface area contributed by atoms with Gasteiger partial charge in [-0.15, -0.1) is 0 Å². The average molecular weight is 363 g/mol. The fraction of sp³-hybridized carbons (Fsp3) is 0.250. The lowest BCUT2D eigenvalue weighted by atomic mass is 10.0. The van der Waals surface area contributed by atoms with Crippen LogP contribution in [0.4, 0.5) is 0 Å². The minimum absolute atomic E-state index is 0.000382. The third-order valence-corrected chi connectivity index (χ3v) is 5.32. The molecule has 26 heavy (non-hydrogen) atoms. The summed E-state index contributed by atoms with van der Waals surface area (Å²) in [7, 11) is 2.10. The van der Waals surface area contributed by atoms with Gasteiger partial charge in [-0.05, 0) is 55.5 Å². The fourth-order valence-electron chi connectivity index (χ4n) is 3.49. The van der Waals surface area contributed by atoms with Crippen molar-refractivity contribution in [2.24, 2.45) is 7.05 Å². The van der Waals surface area contributed by atoms with E-state index in [1.807, 2.05) is 48.8 Å². The molecule has 1 N–H and O–H groups in total. The zero-order chi connectivity index (χ0) is 18.1. The maximum Gasteiger partial charge on any atom is 0.170 e. The highest BCUT2D eigenvalue weighted by atomic mass is 32.1. The summed E-state index contributed by atoms with van der Waals surface area (Å²) in [6.07, 6.45) is 3.65. The summed E-state index contributed by atoms with van der Waals surface area (Å²) >= 11 is 5.69. The molecule has 3 aromatic rings. The van der Waals surface area contributed by atoms with Crippen LogP contribution in [0.15, 0.2) is 60.9 Å². The number of hydrogen-bond acceptors (Lipinski definition) is 3. The maximum absolute atomic E-state index is 5.69. The van der Waals surface area contributed by atoms with Crippen molar-refractivity contribution in [3.63, 3.8) is 0 Å². The Morgan fingerprint density at radius 3 is 2.42 bits per heavy atom. The van der Waals surface area contributed by atoms with Crippen LogP contribution in [0, 0.1) is 6.92 Å². The number of thiocarbonyl (C=S) groups is 1. The van der Waals surface area contributed by atoms with E-state index in [0.29, 0.717) is 6.54 Å². The van der Waals surface area contributed by atoms with E-state index >= 15 is 0 Å². The normalized spacial score (nSPS) is 19.6. The van der Waals surface area contributed by atoms with Gasteiger partial charge in [0.25, 0.3) is 0 Å². The lowest BCUT2D eigenvalue weighted by molar-refractivity contribution is 0.296. The van der Waals surface area contributed by atoms with Gasteiger partial charge in [0.15, 0.2) is 5.11 Å². The molecule has 0 saturated carbocycles. The molecule has 0 aliphatic carbocycles. The number of hydrogen-bond donors (Lipinski definition) is 1. The number of aryl methyl sites for hydroxylation is 1. The Balaban J connectivity index is 1.76. The molecule has 6 heteroatoms. The van der Waals surface area contributed by atoms with Crippen LogP contribution in [-0.4, -0.2) is 24.5 Å². The van der Waals surface area contributed by atoms with Gasteiger partial charge in [-0.25, -0.2) is 0 Å². The second kappa shape index (κ2) is 6.88. The molecule has 0 spiro atoms. The monoisotopic (exact) mass is 363 g/mol. The molecule has 0 radical (unpaired) electrons. The van der Waals surface area contributed by atoms with Crippen molar-refractivity contribution < 1.29 is 0 Å². The summed E-state index contributed by atoms with van der Waals surface area (Å²) in [5, 5.41) is 4.21. The summed E-state index contributed by atoms with van der Waals surface area (Å²) < 4.78 is 2.22. The summed E-state index contributed by atoms with van der Waals surface area (Å²) in [4.78, 5) is 11.3. The molecule has 5 nitrogen and oxygen atoms in total. The van der Waals surface area contributed by atoms with Crippen LogP contribution in [0.5, 0.6) is 0 Å². The Kier molecular flexibility index (Phi) is 4.42. The molecule has 0 amide bonds. The Hall–Kier alpha value is -2.73. The van der Waals surface area contributed by atoms with E-state index < -0.39 is 0 Å². The smallest absolute Gasteiger partial charge is 0.170 e. The molecular weight excluding hydrogens is 342 g/mol. The van der Waals surface area contributed by atoms with Crippen LogP contribution in [0.1, 0.15) is 34.9 Å². The lowest BCUT2D eigenvalue weighted by Gasteiger charge is -2.28. The summed E-state index contributed by atoms with van der Waals surface area (Å²) in [5.74, 6) is 0. The van der Waals surface area contributed by atoms with E-state index in [1.165, 1.54) is 11.4 Å². The van der Waals surface area contributed by atoms with Crippen molar-refractivity contribution in [1.29, 1.82) is 0 Å². The molecule has 2 atom stereocenters. The summed E-state index contributed by atoms with van der Waals surface area (Å²) in [6, 6.07) is 16.3. The van der Waals surface area contributed by atoms with Crippen LogP contribution < -0.4 is 5.32 Å². The first kappa shape index (κ1) is 16.7. The Labute approximate surface area is 158 Å². The molecule has 2 unspecified atom stereocenters. The second-order valence-corrected chi connectivity index (χ2v) is 6.92. The molecule has 1 fully saturated rings. The standard InChI is InChI=1S/C20H21N5S/c1-14-9-10-17(24(14)2)19-18(16-8-4-6-12-22-16)23-20(26)25(19)13-15-7-3-5-11-21-15/h3-12,18-19H,13H2,1-2H3,(H,23,26). The maximum atomic E-state index is 5.69. The van der Waals surface area contributed by atoms with Crippen LogP contribution in [0.2, 0.25) is 0 Å². The highest BCUT2D eigenvalue weighted by Gasteiger charge is 2.41. The number of aromatic nitrogens is 3. The highest BCUT2D eigenvalue weighted by molar-refractivity contribution is 7.80.